The molecular formula is C48H33NO. The third kappa shape index (κ3) is 5.63. The van der Waals surface area contributed by atoms with Gasteiger partial charge in [0.15, 0.2) is 0 Å². The Morgan fingerprint density at radius 3 is 1.38 bits per heavy atom. The fraction of sp³-hybridized carbons (Fsp3) is 0. The SMILES string of the molecule is c1ccc(-c2ccc(-c3ccc(N(c4ccc(-c5ccc6ccccc6c5)cc4)c4ccc(-c5coc6ccccc56)cc4)cc3)cc2)cc1. The highest BCUT2D eigenvalue weighted by Crippen LogP contribution is 2.39. The molecule has 1 heterocycles. The van der Waals surface area contributed by atoms with Crippen LogP contribution >= 0.6 is 0 Å². The van der Waals surface area contributed by atoms with Gasteiger partial charge >= 0.3 is 0 Å². The molecule has 9 aromatic rings. The van der Waals surface area contributed by atoms with Gasteiger partial charge in [-0.1, -0.05) is 146 Å². The van der Waals surface area contributed by atoms with E-state index < -0.39 is 0 Å². The van der Waals surface area contributed by atoms with Crippen LogP contribution in [0.1, 0.15) is 0 Å². The van der Waals surface area contributed by atoms with Gasteiger partial charge in [-0.2, -0.15) is 0 Å². The Balaban J connectivity index is 1.06. The van der Waals surface area contributed by atoms with Gasteiger partial charge in [0.1, 0.15) is 5.58 Å². The van der Waals surface area contributed by atoms with Gasteiger partial charge in [0.25, 0.3) is 0 Å². The van der Waals surface area contributed by atoms with E-state index in [4.69, 9.17) is 4.42 Å². The van der Waals surface area contributed by atoms with Crippen LogP contribution in [0.4, 0.5) is 17.1 Å². The molecule has 0 aliphatic carbocycles. The molecule has 0 amide bonds. The van der Waals surface area contributed by atoms with Crippen molar-refractivity contribution in [2.45, 2.75) is 0 Å². The zero-order valence-corrected chi connectivity index (χ0v) is 27.4. The van der Waals surface area contributed by atoms with Gasteiger partial charge in [-0.05, 0) is 98.2 Å². The lowest BCUT2D eigenvalue weighted by Gasteiger charge is -2.26. The van der Waals surface area contributed by atoms with Crippen molar-refractivity contribution in [1.29, 1.82) is 0 Å². The van der Waals surface area contributed by atoms with Crippen molar-refractivity contribution in [3.8, 4) is 44.5 Å². The smallest absolute Gasteiger partial charge is 0.134 e. The second kappa shape index (κ2) is 12.8. The molecule has 8 aromatic carbocycles. The summed E-state index contributed by atoms with van der Waals surface area (Å²) in [6, 6.07) is 69.2. The molecule has 0 aliphatic heterocycles. The first-order valence-electron chi connectivity index (χ1n) is 17.0. The minimum absolute atomic E-state index is 0.898. The van der Waals surface area contributed by atoms with Crippen LogP contribution in [0.15, 0.2) is 205 Å². The number of fused-ring (bicyclic) bond motifs is 2. The second-order valence-corrected chi connectivity index (χ2v) is 12.6. The van der Waals surface area contributed by atoms with E-state index in [9.17, 15) is 0 Å². The Morgan fingerprint density at radius 2 is 0.760 bits per heavy atom. The molecule has 0 atom stereocenters. The van der Waals surface area contributed by atoms with E-state index in [1.165, 1.54) is 44.2 Å². The van der Waals surface area contributed by atoms with E-state index in [1.54, 1.807) is 0 Å². The first-order valence-corrected chi connectivity index (χ1v) is 17.0. The van der Waals surface area contributed by atoms with E-state index in [0.717, 1.165) is 39.2 Å². The van der Waals surface area contributed by atoms with Gasteiger partial charge < -0.3 is 9.32 Å². The summed E-state index contributed by atoms with van der Waals surface area (Å²) in [5.74, 6) is 0. The summed E-state index contributed by atoms with van der Waals surface area (Å²) in [7, 11) is 0. The molecule has 1 aromatic heterocycles. The molecule has 236 valence electrons. The van der Waals surface area contributed by atoms with Crippen LogP contribution in [-0.4, -0.2) is 0 Å². The van der Waals surface area contributed by atoms with Crippen molar-refractivity contribution < 1.29 is 4.42 Å². The molecule has 2 nitrogen and oxygen atoms in total. The first kappa shape index (κ1) is 29.5. The largest absolute Gasteiger partial charge is 0.464 e. The van der Waals surface area contributed by atoms with Crippen LogP contribution in [0, 0.1) is 0 Å². The monoisotopic (exact) mass is 639 g/mol. The quantitative estimate of drug-likeness (QED) is 0.173. The number of para-hydroxylation sites is 1. The molecule has 0 spiro atoms. The Morgan fingerprint density at radius 1 is 0.320 bits per heavy atom. The zero-order valence-electron chi connectivity index (χ0n) is 27.4. The summed E-state index contributed by atoms with van der Waals surface area (Å²) in [6.45, 7) is 0. The lowest BCUT2D eigenvalue weighted by atomic mass is 9.99. The first-order chi connectivity index (χ1) is 24.8. The van der Waals surface area contributed by atoms with E-state index in [0.29, 0.717) is 0 Å². The summed E-state index contributed by atoms with van der Waals surface area (Å²) in [5, 5.41) is 3.62. The van der Waals surface area contributed by atoms with Crippen molar-refractivity contribution in [3.05, 3.63) is 200 Å². The maximum atomic E-state index is 5.86. The summed E-state index contributed by atoms with van der Waals surface area (Å²) < 4.78 is 5.86. The number of nitrogens with zero attached hydrogens (tertiary/aromatic N) is 1. The number of benzene rings is 8. The van der Waals surface area contributed by atoms with Gasteiger partial charge in [0, 0.05) is 28.0 Å². The Kier molecular flexibility index (Phi) is 7.53. The molecule has 0 fully saturated rings. The Hall–Kier alpha value is -6.64. The summed E-state index contributed by atoms with van der Waals surface area (Å²) >= 11 is 0. The minimum Gasteiger partial charge on any atom is -0.464 e. The van der Waals surface area contributed by atoms with Gasteiger partial charge in [0.05, 0.1) is 6.26 Å². The second-order valence-electron chi connectivity index (χ2n) is 12.6. The third-order valence-electron chi connectivity index (χ3n) is 9.58. The molecule has 50 heavy (non-hydrogen) atoms. The van der Waals surface area contributed by atoms with Crippen LogP contribution in [0.3, 0.4) is 0 Å². The topological polar surface area (TPSA) is 16.4 Å². The molecule has 0 saturated carbocycles. The van der Waals surface area contributed by atoms with Crippen molar-refractivity contribution in [1.82, 2.24) is 0 Å². The fourth-order valence-electron chi connectivity index (χ4n) is 6.90. The van der Waals surface area contributed by atoms with Crippen LogP contribution in [-0.2, 0) is 0 Å². The highest BCUT2D eigenvalue weighted by Gasteiger charge is 2.15. The van der Waals surface area contributed by atoms with Gasteiger partial charge in [0.2, 0.25) is 0 Å². The van der Waals surface area contributed by atoms with E-state index in [1.807, 2.05) is 18.4 Å². The predicted molar refractivity (Wildman–Crippen MR) is 210 cm³/mol. The lowest BCUT2D eigenvalue weighted by molar-refractivity contribution is 0.617. The third-order valence-corrected chi connectivity index (χ3v) is 9.58. The fourth-order valence-corrected chi connectivity index (χ4v) is 6.90. The van der Waals surface area contributed by atoms with E-state index in [-0.39, 0.29) is 0 Å². The molecule has 9 rings (SSSR count). The van der Waals surface area contributed by atoms with Gasteiger partial charge in [-0.3, -0.25) is 0 Å². The van der Waals surface area contributed by atoms with Crippen LogP contribution < -0.4 is 4.90 Å². The molecule has 0 aliphatic rings. The van der Waals surface area contributed by atoms with Crippen LogP contribution in [0.2, 0.25) is 0 Å². The average Bonchev–Trinajstić information content (AvgIpc) is 3.63. The lowest BCUT2D eigenvalue weighted by Crippen LogP contribution is -2.09. The van der Waals surface area contributed by atoms with Crippen molar-refractivity contribution >= 4 is 38.8 Å². The Labute approximate surface area is 292 Å². The number of hydrogen-bond donors (Lipinski definition) is 0. The highest BCUT2D eigenvalue weighted by atomic mass is 16.3. The van der Waals surface area contributed by atoms with Crippen LogP contribution in [0.25, 0.3) is 66.2 Å². The van der Waals surface area contributed by atoms with Crippen molar-refractivity contribution in [2.24, 2.45) is 0 Å². The van der Waals surface area contributed by atoms with E-state index >= 15 is 0 Å². The number of hydrogen-bond acceptors (Lipinski definition) is 2. The standard InChI is InChI=1S/C48H33NO/c1-2-8-34(9-3-1)36-14-16-37(17-15-36)38-20-26-43(27-21-38)49(45-30-24-40(25-31-45)47-33-50-48-13-7-6-12-46(47)48)44-28-22-39(23-29-44)42-19-18-35-10-4-5-11-41(35)32-42/h1-33H. The average molecular weight is 640 g/mol. The van der Waals surface area contributed by atoms with Gasteiger partial charge in [-0.25, -0.2) is 0 Å². The summed E-state index contributed by atoms with van der Waals surface area (Å²) in [6.07, 6.45) is 1.86. The van der Waals surface area contributed by atoms with E-state index in [2.05, 4.69) is 187 Å². The molecule has 0 N–H and O–H groups in total. The van der Waals surface area contributed by atoms with Gasteiger partial charge in [-0.15, -0.1) is 0 Å². The molecule has 0 saturated heterocycles. The normalized spacial score (nSPS) is 11.2. The predicted octanol–water partition coefficient (Wildman–Crippen LogP) is 13.7. The molecule has 0 radical (unpaired) electrons. The molecule has 0 bridgehead atoms. The summed E-state index contributed by atoms with van der Waals surface area (Å²) in [5.41, 5.74) is 13.6. The highest BCUT2D eigenvalue weighted by molar-refractivity contribution is 5.94. The maximum absolute atomic E-state index is 5.86. The summed E-state index contributed by atoms with van der Waals surface area (Å²) in [4.78, 5) is 2.32. The molecule has 0 unspecified atom stereocenters. The Bertz CT molecular complexity index is 2550. The maximum Gasteiger partial charge on any atom is 0.134 e. The number of anilines is 3. The molecular weight excluding hydrogens is 607 g/mol. The molecule has 2 heteroatoms. The number of rotatable bonds is 7. The number of furan rings is 1. The van der Waals surface area contributed by atoms with Crippen molar-refractivity contribution in [3.63, 3.8) is 0 Å². The van der Waals surface area contributed by atoms with Crippen LogP contribution in [0.5, 0.6) is 0 Å². The minimum atomic E-state index is 0.898. The zero-order chi connectivity index (χ0) is 33.3. The van der Waals surface area contributed by atoms with Crippen molar-refractivity contribution in [2.75, 3.05) is 4.90 Å².